The first kappa shape index (κ1) is 16.3. The fraction of sp³-hybridized carbons (Fsp3) is 0.647. The van der Waals surface area contributed by atoms with Crippen LogP contribution in [0.3, 0.4) is 0 Å². The molecule has 0 aromatic heterocycles. The maximum atomic E-state index is 5.39. The summed E-state index contributed by atoms with van der Waals surface area (Å²) in [6.07, 6.45) is 1.07. The monoisotopic (exact) mass is 292 g/mol. The molecule has 4 heteroatoms. The summed E-state index contributed by atoms with van der Waals surface area (Å²) in [5.41, 5.74) is 2.79. The van der Waals surface area contributed by atoms with E-state index in [1.54, 1.807) is 14.2 Å². The van der Waals surface area contributed by atoms with Crippen molar-refractivity contribution >= 4 is 0 Å². The summed E-state index contributed by atoms with van der Waals surface area (Å²) in [6, 6.07) is 7.65. The van der Waals surface area contributed by atoms with Gasteiger partial charge in [0.25, 0.3) is 0 Å². The molecule has 0 fully saturated rings. The van der Waals surface area contributed by atoms with Crippen molar-refractivity contribution in [2.75, 3.05) is 34.4 Å². The maximum absolute atomic E-state index is 5.39. The lowest BCUT2D eigenvalue weighted by Gasteiger charge is -2.34. The summed E-state index contributed by atoms with van der Waals surface area (Å²) in [4.78, 5) is 2.43. The number of rotatable bonds is 7. The second-order valence-corrected chi connectivity index (χ2v) is 5.84. The number of fused-ring (bicyclic) bond motifs is 1. The zero-order chi connectivity index (χ0) is 15.4. The average Bonchev–Trinajstić information content (AvgIpc) is 2.85. The zero-order valence-electron chi connectivity index (χ0n) is 13.8. The van der Waals surface area contributed by atoms with E-state index in [2.05, 4.69) is 49.3 Å². The van der Waals surface area contributed by atoms with Crippen LogP contribution in [-0.4, -0.2) is 51.4 Å². The number of nitrogens with one attached hydrogen (secondary N) is 1. The Hall–Kier alpha value is -1.10. The van der Waals surface area contributed by atoms with Crippen molar-refractivity contribution in [1.82, 2.24) is 10.2 Å². The minimum atomic E-state index is 0.351. The van der Waals surface area contributed by atoms with Crippen LogP contribution in [0.2, 0.25) is 0 Å². The summed E-state index contributed by atoms with van der Waals surface area (Å²) in [7, 11) is 5.69. The first-order valence-corrected chi connectivity index (χ1v) is 7.73. The van der Waals surface area contributed by atoms with Gasteiger partial charge in [0.1, 0.15) is 5.75 Å². The SMILES string of the molecule is CCNC1c2cc(OC)ccc2CC1N(C)C(C)COC. The summed E-state index contributed by atoms with van der Waals surface area (Å²) in [6.45, 7) is 6.10. The van der Waals surface area contributed by atoms with Gasteiger partial charge in [-0.1, -0.05) is 13.0 Å². The first-order valence-electron chi connectivity index (χ1n) is 7.73. The molecule has 21 heavy (non-hydrogen) atoms. The normalized spacial score (nSPS) is 22.4. The largest absolute Gasteiger partial charge is 0.497 e. The average molecular weight is 292 g/mol. The molecule has 1 aromatic rings. The molecule has 0 bridgehead atoms. The Kier molecular flexibility index (Phi) is 5.62. The molecular weight excluding hydrogens is 264 g/mol. The van der Waals surface area contributed by atoms with E-state index in [4.69, 9.17) is 9.47 Å². The van der Waals surface area contributed by atoms with E-state index in [9.17, 15) is 0 Å². The molecular formula is C17H28N2O2. The minimum Gasteiger partial charge on any atom is -0.497 e. The van der Waals surface area contributed by atoms with Gasteiger partial charge in [0, 0.05) is 25.2 Å². The Bertz CT molecular complexity index is 464. The molecule has 4 nitrogen and oxygen atoms in total. The fourth-order valence-electron chi connectivity index (χ4n) is 3.26. The highest BCUT2D eigenvalue weighted by molar-refractivity contribution is 5.42. The molecule has 0 saturated heterocycles. The van der Waals surface area contributed by atoms with Crippen LogP contribution in [0.1, 0.15) is 31.0 Å². The molecule has 0 radical (unpaired) electrons. The smallest absolute Gasteiger partial charge is 0.119 e. The molecule has 1 aliphatic carbocycles. The summed E-state index contributed by atoms with van der Waals surface area (Å²) in [5.74, 6) is 0.935. The quantitative estimate of drug-likeness (QED) is 0.835. The minimum absolute atomic E-state index is 0.351. The van der Waals surface area contributed by atoms with Crippen LogP contribution in [0.4, 0.5) is 0 Å². The van der Waals surface area contributed by atoms with Gasteiger partial charge in [-0.25, -0.2) is 0 Å². The Labute approximate surface area is 128 Å². The number of nitrogens with zero attached hydrogens (tertiary/aromatic N) is 1. The molecule has 0 aliphatic heterocycles. The van der Waals surface area contributed by atoms with E-state index >= 15 is 0 Å². The number of benzene rings is 1. The molecule has 0 heterocycles. The van der Waals surface area contributed by atoms with Crippen LogP contribution in [0, 0.1) is 0 Å². The van der Waals surface area contributed by atoms with Gasteiger partial charge in [-0.15, -0.1) is 0 Å². The van der Waals surface area contributed by atoms with E-state index in [1.165, 1.54) is 11.1 Å². The van der Waals surface area contributed by atoms with Crippen molar-refractivity contribution in [3.63, 3.8) is 0 Å². The van der Waals surface area contributed by atoms with Crippen molar-refractivity contribution < 1.29 is 9.47 Å². The van der Waals surface area contributed by atoms with Gasteiger partial charge < -0.3 is 14.8 Å². The lowest BCUT2D eigenvalue weighted by molar-refractivity contribution is 0.0795. The molecule has 0 amide bonds. The molecule has 0 saturated carbocycles. The van der Waals surface area contributed by atoms with Crippen molar-refractivity contribution in [3.8, 4) is 5.75 Å². The van der Waals surface area contributed by atoms with Gasteiger partial charge in [-0.3, -0.25) is 4.90 Å². The third kappa shape index (κ3) is 3.39. The highest BCUT2D eigenvalue weighted by Gasteiger charge is 2.36. The standard InChI is InChI=1S/C17H28N2O2/c1-6-18-17-15-10-14(21-5)8-7-13(15)9-16(17)19(3)12(2)11-20-4/h7-8,10,12,16-18H,6,9,11H2,1-5H3. The van der Waals surface area contributed by atoms with Crippen LogP contribution in [0.25, 0.3) is 0 Å². The predicted octanol–water partition coefficient (Wildman–Crippen LogP) is 2.24. The molecule has 1 aromatic carbocycles. The van der Waals surface area contributed by atoms with Gasteiger partial charge in [-0.05, 0) is 50.2 Å². The van der Waals surface area contributed by atoms with E-state index in [-0.39, 0.29) is 0 Å². The summed E-state index contributed by atoms with van der Waals surface area (Å²) < 4.78 is 10.7. The van der Waals surface area contributed by atoms with Gasteiger partial charge in [-0.2, -0.15) is 0 Å². The fourth-order valence-corrected chi connectivity index (χ4v) is 3.26. The molecule has 1 aliphatic rings. The Morgan fingerprint density at radius 3 is 2.76 bits per heavy atom. The van der Waals surface area contributed by atoms with Crippen LogP contribution >= 0.6 is 0 Å². The first-order chi connectivity index (χ1) is 10.1. The molecule has 3 unspecified atom stereocenters. The van der Waals surface area contributed by atoms with Gasteiger partial charge in [0.2, 0.25) is 0 Å². The zero-order valence-corrected chi connectivity index (χ0v) is 13.8. The molecule has 118 valence electrons. The Morgan fingerprint density at radius 1 is 1.38 bits per heavy atom. The predicted molar refractivity (Wildman–Crippen MR) is 86.0 cm³/mol. The Balaban J connectivity index is 2.24. The van der Waals surface area contributed by atoms with Crippen molar-refractivity contribution in [3.05, 3.63) is 29.3 Å². The highest BCUT2D eigenvalue weighted by atomic mass is 16.5. The van der Waals surface area contributed by atoms with Crippen LogP contribution in [-0.2, 0) is 11.2 Å². The topological polar surface area (TPSA) is 33.7 Å². The number of hydrogen-bond donors (Lipinski definition) is 1. The Morgan fingerprint density at radius 2 is 2.14 bits per heavy atom. The molecule has 3 atom stereocenters. The van der Waals surface area contributed by atoms with Crippen LogP contribution < -0.4 is 10.1 Å². The van der Waals surface area contributed by atoms with Gasteiger partial charge >= 0.3 is 0 Å². The molecule has 1 N–H and O–H groups in total. The summed E-state index contributed by atoms with van der Waals surface area (Å²) >= 11 is 0. The number of ether oxygens (including phenoxy) is 2. The second-order valence-electron chi connectivity index (χ2n) is 5.84. The maximum Gasteiger partial charge on any atom is 0.119 e. The number of methoxy groups -OCH3 is 2. The number of hydrogen-bond acceptors (Lipinski definition) is 4. The van der Waals surface area contributed by atoms with E-state index in [0.717, 1.165) is 25.3 Å². The van der Waals surface area contributed by atoms with Crippen molar-refractivity contribution in [2.24, 2.45) is 0 Å². The lowest BCUT2D eigenvalue weighted by atomic mass is 10.0. The van der Waals surface area contributed by atoms with Crippen molar-refractivity contribution in [1.29, 1.82) is 0 Å². The molecule has 2 rings (SSSR count). The highest BCUT2D eigenvalue weighted by Crippen LogP contribution is 2.36. The van der Waals surface area contributed by atoms with Gasteiger partial charge in [0.05, 0.1) is 13.7 Å². The van der Waals surface area contributed by atoms with Gasteiger partial charge in [0.15, 0.2) is 0 Å². The van der Waals surface area contributed by atoms with E-state index < -0.39 is 0 Å². The number of likely N-dealkylation sites (N-methyl/N-ethyl adjacent to an activating group) is 2. The van der Waals surface area contributed by atoms with E-state index in [1.807, 2.05) is 0 Å². The van der Waals surface area contributed by atoms with Crippen LogP contribution in [0.15, 0.2) is 18.2 Å². The molecule has 0 spiro atoms. The second kappa shape index (κ2) is 7.25. The third-order valence-electron chi connectivity index (χ3n) is 4.55. The third-order valence-corrected chi connectivity index (χ3v) is 4.55. The lowest BCUT2D eigenvalue weighted by Crippen LogP contribution is -2.46. The van der Waals surface area contributed by atoms with E-state index in [0.29, 0.717) is 18.1 Å². The van der Waals surface area contributed by atoms with Crippen LogP contribution in [0.5, 0.6) is 5.75 Å². The van der Waals surface area contributed by atoms with Crippen molar-refractivity contribution in [2.45, 2.75) is 38.4 Å². The summed E-state index contributed by atoms with van der Waals surface area (Å²) in [5, 5.41) is 3.64.